The Balaban J connectivity index is 0.000000817. The van der Waals surface area contributed by atoms with Crippen LogP contribution < -0.4 is 0 Å². The number of unbranched alkanes of at least 4 members (excludes halogenated alkanes) is 3. The molecule has 0 nitrogen and oxygen atoms in total. The summed E-state index contributed by atoms with van der Waals surface area (Å²) in [4.78, 5) is 0. The molecule has 1 aliphatic carbocycles. The van der Waals surface area contributed by atoms with Crippen molar-refractivity contribution in [2.45, 2.75) is 59.3 Å². The van der Waals surface area contributed by atoms with Gasteiger partial charge in [-0.05, 0) is 53.0 Å². The van der Waals surface area contributed by atoms with E-state index < -0.39 is 20.8 Å². The molecule has 0 amide bonds. The molecule has 0 aliphatic heterocycles. The zero-order valence-electron chi connectivity index (χ0n) is 16.7. The fourth-order valence-electron chi connectivity index (χ4n) is 3.62. The maximum absolute atomic E-state index is 4.93. The van der Waals surface area contributed by atoms with E-state index in [9.17, 15) is 0 Å². The van der Waals surface area contributed by atoms with E-state index in [1.54, 1.807) is 5.57 Å². The summed E-state index contributed by atoms with van der Waals surface area (Å²) in [6.07, 6.45) is 10.1. The molecule has 0 fully saturated rings. The molecule has 0 heterocycles. The van der Waals surface area contributed by atoms with E-state index in [0.29, 0.717) is 5.92 Å². The first-order valence-electron chi connectivity index (χ1n) is 9.98. The maximum atomic E-state index is 4.93. The molecule has 2 aromatic rings. The van der Waals surface area contributed by atoms with Crippen molar-refractivity contribution in [2.75, 3.05) is 0 Å². The van der Waals surface area contributed by atoms with Gasteiger partial charge in [0, 0.05) is 0 Å². The van der Waals surface area contributed by atoms with Crippen molar-refractivity contribution >= 4 is 23.1 Å². The molecule has 0 saturated heterocycles. The molecule has 0 saturated carbocycles. The molecule has 0 N–H and O–H groups in total. The van der Waals surface area contributed by atoms with Crippen LogP contribution in [0.5, 0.6) is 0 Å². The molecular weight excluding hydrogens is 450 g/mol. The summed E-state index contributed by atoms with van der Waals surface area (Å²) in [6, 6.07) is 16.0. The van der Waals surface area contributed by atoms with Gasteiger partial charge < -0.3 is 0 Å². The average Bonchev–Trinajstić information content (AvgIpc) is 3.11. The van der Waals surface area contributed by atoms with Gasteiger partial charge in [-0.15, -0.1) is 0 Å². The Kier molecular flexibility index (Phi) is 10.4. The van der Waals surface area contributed by atoms with Crippen molar-refractivity contribution in [3.8, 4) is 11.1 Å². The Bertz CT molecular complexity index is 733. The Hall–Kier alpha value is -0.357. The van der Waals surface area contributed by atoms with Crippen molar-refractivity contribution in [2.24, 2.45) is 5.92 Å². The summed E-state index contributed by atoms with van der Waals surface area (Å²) in [6.45, 7) is 6.86. The minimum atomic E-state index is -0.826. The predicted molar refractivity (Wildman–Crippen MR) is 118 cm³/mol. The van der Waals surface area contributed by atoms with Gasteiger partial charge in [-0.1, -0.05) is 94.1 Å². The first-order valence-corrected chi connectivity index (χ1v) is 16.3. The molecule has 27 heavy (non-hydrogen) atoms. The Morgan fingerprint density at radius 3 is 2.30 bits per heavy atom. The Morgan fingerprint density at radius 1 is 0.963 bits per heavy atom. The van der Waals surface area contributed by atoms with E-state index in [0.717, 1.165) is 6.42 Å². The van der Waals surface area contributed by atoms with Crippen LogP contribution in [-0.2, 0) is 33.7 Å². The molecule has 0 unspecified atom stereocenters. The number of hydrogen-bond donors (Lipinski definition) is 0. The molecule has 3 heteroatoms. The quantitative estimate of drug-likeness (QED) is 0.349. The third-order valence-corrected chi connectivity index (χ3v) is 5.25. The van der Waals surface area contributed by atoms with Crippen molar-refractivity contribution in [1.29, 1.82) is 0 Å². The second-order valence-corrected chi connectivity index (χ2v) is 11.2. The average molecular weight is 481 g/mol. The van der Waals surface area contributed by atoms with E-state index in [1.807, 2.05) is 0 Å². The van der Waals surface area contributed by atoms with Crippen LogP contribution in [-0.4, -0.2) is 0 Å². The molecule has 3 rings (SSSR count). The normalized spacial score (nSPS) is 12.3. The zero-order chi connectivity index (χ0) is 19.6. The van der Waals surface area contributed by atoms with Crippen molar-refractivity contribution in [3.05, 3.63) is 64.7 Å². The summed E-state index contributed by atoms with van der Waals surface area (Å²) < 4.78 is 0. The van der Waals surface area contributed by atoms with Crippen LogP contribution in [0, 0.1) is 5.92 Å². The molecule has 0 radical (unpaired) electrons. The number of halogens is 2. The molecule has 0 aromatic heterocycles. The summed E-state index contributed by atoms with van der Waals surface area (Å²) >= 11 is -0.826. The molecule has 2 aromatic carbocycles. The van der Waals surface area contributed by atoms with Crippen molar-refractivity contribution in [1.82, 2.24) is 0 Å². The third-order valence-electron chi connectivity index (χ3n) is 5.25. The number of benzene rings is 2. The van der Waals surface area contributed by atoms with Crippen LogP contribution in [0.3, 0.4) is 0 Å². The molecule has 0 spiro atoms. The van der Waals surface area contributed by atoms with Gasteiger partial charge in [0.15, 0.2) is 0 Å². The van der Waals surface area contributed by atoms with Gasteiger partial charge in [0.2, 0.25) is 0 Å². The van der Waals surface area contributed by atoms with Crippen LogP contribution in [0.15, 0.2) is 48.0 Å². The van der Waals surface area contributed by atoms with Gasteiger partial charge in [0.25, 0.3) is 0 Å². The fraction of sp³-hybridized carbons (Fsp3) is 0.417. The first-order chi connectivity index (χ1) is 13.1. The standard InChI is InChI=1S/C24H30.2ClH.Zr/c1-4-5-6-7-9-19-12-14-20(15-13-19)23-11-8-10-21-16-22(18(2)3)17-24(21)23;;;/h8,10-15,17-18H,4-7,9,16H2,1-3H3;2*1H;/q;;;+2/p-2. The third kappa shape index (κ3) is 6.88. The van der Waals surface area contributed by atoms with E-state index >= 15 is 0 Å². The fourth-order valence-corrected chi connectivity index (χ4v) is 3.62. The number of rotatable bonds is 7. The van der Waals surface area contributed by atoms with Crippen molar-refractivity contribution < 1.29 is 20.8 Å². The van der Waals surface area contributed by atoms with Crippen LogP contribution in [0.1, 0.15) is 63.1 Å². The number of allylic oxidation sites excluding steroid dienone is 1. The number of fused-ring (bicyclic) bond motifs is 1. The van der Waals surface area contributed by atoms with Gasteiger partial charge in [0.05, 0.1) is 0 Å². The first kappa shape index (κ1) is 22.9. The molecule has 1 aliphatic rings. The molecule has 0 bridgehead atoms. The van der Waals surface area contributed by atoms with Crippen LogP contribution in [0.4, 0.5) is 0 Å². The minimum absolute atomic E-state index is 0.635. The second kappa shape index (κ2) is 12.3. The molecular formula is C24H30Cl2Zr. The molecule has 0 atom stereocenters. The van der Waals surface area contributed by atoms with E-state index in [1.165, 1.54) is 59.9 Å². The topological polar surface area (TPSA) is 0 Å². The number of hydrogen-bond acceptors (Lipinski definition) is 0. The zero-order valence-corrected chi connectivity index (χ0v) is 20.7. The Morgan fingerprint density at radius 2 is 1.67 bits per heavy atom. The predicted octanol–water partition coefficient (Wildman–Crippen LogP) is 8.45. The second-order valence-electron chi connectivity index (χ2n) is 7.51. The van der Waals surface area contributed by atoms with Crippen molar-refractivity contribution in [3.63, 3.8) is 0 Å². The summed E-state index contributed by atoms with van der Waals surface area (Å²) in [5.41, 5.74) is 8.70. The van der Waals surface area contributed by atoms with Gasteiger partial charge in [0.1, 0.15) is 0 Å². The summed E-state index contributed by atoms with van der Waals surface area (Å²) in [5, 5.41) is 0. The monoisotopic (exact) mass is 478 g/mol. The molecule has 144 valence electrons. The van der Waals surface area contributed by atoms with Crippen LogP contribution in [0.25, 0.3) is 17.2 Å². The summed E-state index contributed by atoms with van der Waals surface area (Å²) in [5.74, 6) is 0.635. The van der Waals surface area contributed by atoms with Crippen LogP contribution >= 0.6 is 17.0 Å². The van der Waals surface area contributed by atoms with Crippen LogP contribution in [0.2, 0.25) is 0 Å². The van der Waals surface area contributed by atoms with E-state index in [4.69, 9.17) is 17.0 Å². The van der Waals surface area contributed by atoms with Gasteiger partial charge in [-0.25, -0.2) is 0 Å². The van der Waals surface area contributed by atoms with E-state index in [2.05, 4.69) is 69.3 Å². The van der Waals surface area contributed by atoms with Gasteiger partial charge in [-0.3, -0.25) is 0 Å². The summed E-state index contributed by atoms with van der Waals surface area (Å²) in [7, 11) is 9.87. The Labute approximate surface area is 184 Å². The van der Waals surface area contributed by atoms with Gasteiger partial charge >= 0.3 is 37.9 Å². The van der Waals surface area contributed by atoms with E-state index in [-0.39, 0.29) is 0 Å². The SMILES string of the molecule is CCCCCCc1ccc(-c2cccc3c2C=C(C(C)C)C3)cc1.[Cl][Zr][Cl]. The van der Waals surface area contributed by atoms with Gasteiger partial charge in [-0.2, -0.15) is 0 Å². The number of aryl methyl sites for hydroxylation is 1.